The van der Waals surface area contributed by atoms with Crippen molar-refractivity contribution in [3.63, 3.8) is 0 Å². The van der Waals surface area contributed by atoms with Crippen molar-refractivity contribution in [1.82, 2.24) is 4.90 Å². The smallest absolute Gasteiger partial charge is 0.196 e. The highest BCUT2D eigenvalue weighted by Gasteiger charge is 2.20. The lowest BCUT2D eigenvalue weighted by Gasteiger charge is -2.36. The minimum Gasteiger partial charge on any atom is -0.495 e. The van der Waals surface area contributed by atoms with Crippen molar-refractivity contribution in [3.8, 4) is 17.1 Å². The molecule has 2 heterocycles. The summed E-state index contributed by atoms with van der Waals surface area (Å²) in [7, 11) is 0.625. The number of hydrogen-bond donors (Lipinski definition) is 0. The van der Waals surface area contributed by atoms with Crippen molar-refractivity contribution in [2.24, 2.45) is 0 Å². The van der Waals surface area contributed by atoms with E-state index in [2.05, 4.69) is 15.9 Å². The Morgan fingerprint density at radius 2 is 1.59 bits per heavy atom. The van der Waals surface area contributed by atoms with E-state index in [9.17, 15) is 9.00 Å². The molecule has 6 nitrogen and oxygen atoms in total. The van der Waals surface area contributed by atoms with Crippen LogP contribution in [-0.4, -0.2) is 54.7 Å². The lowest BCUT2D eigenvalue weighted by molar-refractivity contribution is 0.271. The van der Waals surface area contributed by atoms with Gasteiger partial charge in [0, 0.05) is 66.0 Å². The van der Waals surface area contributed by atoms with Gasteiger partial charge in [0.15, 0.2) is 5.43 Å². The second-order valence-electron chi connectivity index (χ2n) is 9.33. The molecule has 0 N–H and O–H groups in total. The lowest BCUT2D eigenvalue weighted by atomic mass is 10.0. The van der Waals surface area contributed by atoms with E-state index in [1.165, 1.54) is 0 Å². The SMILES string of the molecule is COc1ccccc1N1CCN(CCS(=O)Cc2cccc3c(=O)c(C)c(-c4ccccc4)oc23)CC1.Cl.Cl. The van der Waals surface area contributed by atoms with Crippen LogP contribution in [0, 0.1) is 6.92 Å². The summed E-state index contributed by atoms with van der Waals surface area (Å²) in [5, 5.41) is 0.541. The first kappa shape index (κ1) is 30.7. The first-order valence-corrected chi connectivity index (χ1v) is 14.1. The van der Waals surface area contributed by atoms with E-state index >= 15 is 0 Å². The predicted octanol–water partition coefficient (Wildman–Crippen LogP) is 5.69. The van der Waals surface area contributed by atoms with Crippen molar-refractivity contribution >= 4 is 52.3 Å². The number of ether oxygens (including phenoxy) is 1. The molecule has 1 aromatic heterocycles. The van der Waals surface area contributed by atoms with Gasteiger partial charge in [-0.3, -0.25) is 13.9 Å². The minimum atomic E-state index is -1.08. The maximum absolute atomic E-state index is 13.1. The molecule has 0 radical (unpaired) electrons. The minimum absolute atomic E-state index is 0. The summed E-state index contributed by atoms with van der Waals surface area (Å²) in [6.07, 6.45) is 0. The Labute approximate surface area is 244 Å². The molecule has 1 unspecified atom stereocenters. The third kappa shape index (κ3) is 6.84. The van der Waals surface area contributed by atoms with E-state index in [1.54, 1.807) is 20.1 Å². The van der Waals surface area contributed by atoms with Crippen LogP contribution in [-0.2, 0) is 16.6 Å². The van der Waals surface area contributed by atoms with Crippen LogP contribution in [0.2, 0.25) is 0 Å². The van der Waals surface area contributed by atoms with Crippen LogP contribution < -0.4 is 15.1 Å². The van der Waals surface area contributed by atoms with E-state index in [0.717, 1.165) is 55.3 Å². The molecule has 1 fully saturated rings. The van der Waals surface area contributed by atoms with Crippen LogP contribution in [0.15, 0.2) is 82.0 Å². The third-order valence-corrected chi connectivity index (χ3v) is 8.28. The van der Waals surface area contributed by atoms with Gasteiger partial charge in [-0.1, -0.05) is 54.6 Å². The van der Waals surface area contributed by atoms with Crippen LogP contribution in [0.25, 0.3) is 22.3 Å². The molecule has 5 rings (SSSR count). The summed E-state index contributed by atoms with van der Waals surface area (Å²) in [5.74, 6) is 2.40. The van der Waals surface area contributed by atoms with Gasteiger partial charge in [-0.25, -0.2) is 0 Å². The Hall–Kier alpha value is -2.84. The van der Waals surface area contributed by atoms with Gasteiger partial charge in [-0.2, -0.15) is 0 Å². The van der Waals surface area contributed by atoms with Gasteiger partial charge in [0.1, 0.15) is 17.1 Å². The van der Waals surface area contributed by atoms with Crippen molar-refractivity contribution < 1.29 is 13.4 Å². The number of hydrogen-bond acceptors (Lipinski definition) is 6. The molecular weight excluding hydrogens is 555 g/mol. The first-order chi connectivity index (χ1) is 18.0. The van der Waals surface area contributed by atoms with E-state index in [4.69, 9.17) is 9.15 Å². The maximum Gasteiger partial charge on any atom is 0.196 e. The van der Waals surface area contributed by atoms with Gasteiger partial charge in [0.2, 0.25) is 0 Å². The number of nitrogens with zero attached hydrogens (tertiary/aromatic N) is 2. The normalized spacial score (nSPS) is 14.4. The van der Waals surface area contributed by atoms with Gasteiger partial charge in [-0.05, 0) is 25.1 Å². The van der Waals surface area contributed by atoms with Gasteiger partial charge in [0.05, 0.1) is 23.9 Å². The zero-order valence-electron chi connectivity index (χ0n) is 22.1. The van der Waals surface area contributed by atoms with Crippen molar-refractivity contribution in [2.45, 2.75) is 12.7 Å². The van der Waals surface area contributed by atoms with Gasteiger partial charge in [-0.15, -0.1) is 24.8 Å². The molecule has 39 heavy (non-hydrogen) atoms. The second kappa shape index (κ2) is 14.0. The number of para-hydroxylation sites is 3. The molecule has 1 aliphatic rings. The fourth-order valence-electron chi connectivity index (χ4n) is 4.93. The molecule has 9 heteroatoms. The van der Waals surface area contributed by atoms with E-state index in [0.29, 0.717) is 33.8 Å². The molecule has 1 saturated heterocycles. The zero-order valence-corrected chi connectivity index (χ0v) is 24.6. The molecule has 0 spiro atoms. The van der Waals surface area contributed by atoms with Crippen LogP contribution >= 0.6 is 24.8 Å². The van der Waals surface area contributed by atoms with E-state index in [-0.39, 0.29) is 30.2 Å². The summed E-state index contributed by atoms with van der Waals surface area (Å²) in [6.45, 7) is 6.21. The molecule has 208 valence electrons. The average molecular weight is 590 g/mol. The molecule has 3 aromatic carbocycles. The van der Waals surface area contributed by atoms with Crippen molar-refractivity contribution in [2.75, 3.05) is 50.5 Å². The number of fused-ring (bicyclic) bond motifs is 1. The average Bonchev–Trinajstić information content (AvgIpc) is 2.95. The van der Waals surface area contributed by atoms with Crippen LogP contribution in [0.5, 0.6) is 5.75 Å². The second-order valence-corrected chi connectivity index (χ2v) is 10.9. The molecule has 0 bridgehead atoms. The third-order valence-electron chi connectivity index (χ3n) is 7.01. The Balaban J connectivity index is 0.00000210. The molecule has 0 aliphatic carbocycles. The Bertz CT molecular complexity index is 1470. The number of piperazine rings is 1. The standard InChI is InChI=1S/C30H32N2O4S.2ClH/c1-22-28(33)25-12-8-11-24(30(25)36-29(22)23-9-4-3-5-10-23)21-37(34)20-19-31-15-17-32(18-16-31)26-13-6-7-14-27(26)35-2;;/h3-14H,15-21H2,1-2H3;2*1H. The number of rotatable bonds is 8. The van der Waals surface area contributed by atoms with Gasteiger partial charge in [0.25, 0.3) is 0 Å². The molecule has 1 atom stereocenters. The number of benzene rings is 3. The summed E-state index contributed by atoms with van der Waals surface area (Å²) >= 11 is 0. The van der Waals surface area contributed by atoms with E-state index < -0.39 is 10.8 Å². The van der Waals surface area contributed by atoms with E-state index in [1.807, 2.05) is 60.7 Å². The Kier molecular flexibility index (Phi) is 11.0. The number of halogens is 2. The van der Waals surface area contributed by atoms with Crippen LogP contribution in [0.1, 0.15) is 11.1 Å². The first-order valence-electron chi connectivity index (χ1n) is 12.6. The Morgan fingerprint density at radius 1 is 0.897 bits per heavy atom. The van der Waals surface area contributed by atoms with Crippen molar-refractivity contribution in [3.05, 3.63) is 94.1 Å². The monoisotopic (exact) mass is 588 g/mol. The Morgan fingerprint density at radius 3 is 2.31 bits per heavy atom. The molecule has 4 aromatic rings. The zero-order chi connectivity index (χ0) is 25.8. The van der Waals surface area contributed by atoms with Gasteiger partial charge < -0.3 is 14.1 Å². The fraction of sp³-hybridized carbons (Fsp3) is 0.300. The summed E-state index contributed by atoms with van der Waals surface area (Å²) in [5.41, 5.74) is 3.88. The molecule has 0 saturated carbocycles. The highest BCUT2D eigenvalue weighted by Crippen LogP contribution is 2.29. The largest absolute Gasteiger partial charge is 0.495 e. The molecule has 0 amide bonds. The summed E-state index contributed by atoms with van der Waals surface area (Å²) < 4.78 is 24.9. The van der Waals surface area contributed by atoms with Crippen LogP contribution in [0.3, 0.4) is 0 Å². The molecule has 1 aliphatic heterocycles. The lowest BCUT2D eigenvalue weighted by Crippen LogP contribution is -2.47. The number of methoxy groups -OCH3 is 1. The highest BCUT2D eigenvalue weighted by atomic mass is 35.5. The topological polar surface area (TPSA) is 63.0 Å². The quantitative estimate of drug-likeness (QED) is 0.263. The summed E-state index contributed by atoms with van der Waals surface area (Å²) in [6, 6.07) is 23.3. The fourth-order valence-corrected chi connectivity index (χ4v) is 6.11. The highest BCUT2D eigenvalue weighted by molar-refractivity contribution is 7.84. The molecular formula is C30H34Cl2N2O4S. The summed E-state index contributed by atoms with van der Waals surface area (Å²) in [4.78, 5) is 17.8. The maximum atomic E-state index is 13.1. The van der Waals surface area contributed by atoms with Gasteiger partial charge >= 0.3 is 0 Å². The number of anilines is 1. The van der Waals surface area contributed by atoms with Crippen LogP contribution in [0.4, 0.5) is 5.69 Å². The predicted molar refractivity (Wildman–Crippen MR) is 166 cm³/mol. The van der Waals surface area contributed by atoms with Crippen molar-refractivity contribution in [1.29, 1.82) is 0 Å².